The Balaban J connectivity index is 2.43. The van der Waals surface area contributed by atoms with Crippen LogP contribution in [0.1, 0.15) is 21.5 Å². The number of hydrogen-bond donors (Lipinski definition) is 1. The molecule has 0 aromatic heterocycles. The van der Waals surface area contributed by atoms with Gasteiger partial charge in [0, 0.05) is 5.56 Å². The lowest BCUT2D eigenvalue weighted by atomic mass is 10.0. The first-order chi connectivity index (χ1) is 10.3. The van der Waals surface area contributed by atoms with Crippen LogP contribution in [0.2, 0.25) is 0 Å². The fourth-order valence-corrected chi connectivity index (χ4v) is 2.09. The van der Waals surface area contributed by atoms with Gasteiger partial charge in [0.15, 0.2) is 0 Å². The van der Waals surface area contributed by atoms with E-state index in [9.17, 15) is 18.0 Å². The highest BCUT2D eigenvalue weighted by molar-refractivity contribution is 6.05. The van der Waals surface area contributed by atoms with Gasteiger partial charge in [0.05, 0.1) is 18.4 Å². The summed E-state index contributed by atoms with van der Waals surface area (Å²) < 4.78 is 44.0. The predicted octanol–water partition coefficient (Wildman–Crippen LogP) is 4.27. The third-order valence-electron chi connectivity index (χ3n) is 3.23. The van der Waals surface area contributed by atoms with Gasteiger partial charge in [-0.25, -0.2) is 0 Å². The number of carbonyl (C=O) groups is 1. The number of methoxy groups -OCH3 is 1. The minimum atomic E-state index is -4.50. The largest absolute Gasteiger partial charge is 0.495 e. The number of alkyl halides is 3. The van der Waals surface area contributed by atoms with Crippen molar-refractivity contribution >= 4 is 11.6 Å². The lowest BCUT2D eigenvalue weighted by Crippen LogP contribution is -2.16. The summed E-state index contributed by atoms with van der Waals surface area (Å²) in [5.41, 5.74) is -0.527. The van der Waals surface area contributed by atoms with E-state index < -0.39 is 17.6 Å². The van der Waals surface area contributed by atoms with E-state index in [1.807, 2.05) is 0 Å². The molecule has 6 heteroatoms. The molecule has 0 aliphatic carbocycles. The Morgan fingerprint density at radius 2 is 1.73 bits per heavy atom. The summed E-state index contributed by atoms with van der Waals surface area (Å²) in [4.78, 5) is 12.1. The number of amides is 1. The molecule has 2 aromatic rings. The molecule has 2 rings (SSSR count). The molecule has 0 saturated heterocycles. The van der Waals surface area contributed by atoms with Crippen LogP contribution in [0.4, 0.5) is 18.9 Å². The third-order valence-corrected chi connectivity index (χ3v) is 3.23. The van der Waals surface area contributed by atoms with Crippen LogP contribution in [0.3, 0.4) is 0 Å². The zero-order chi connectivity index (χ0) is 16.3. The highest BCUT2D eigenvalue weighted by Crippen LogP contribution is 2.39. The van der Waals surface area contributed by atoms with Crippen LogP contribution < -0.4 is 10.1 Å². The predicted molar refractivity (Wildman–Crippen MR) is 77.1 cm³/mol. The first-order valence-corrected chi connectivity index (χ1v) is 6.45. The molecule has 0 radical (unpaired) electrons. The number of carbonyl (C=O) groups excluding carboxylic acids is 1. The summed E-state index contributed by atoms with van der Waals surface area (Å²) >= 11 is 0. The van der Waals surface area contributed by atoms with Gasteiger partial charge in [-0.05, 0) is 36.8 Å². The van der Waals surface area contributed by atoms with Gasteiger partial charge in [0.1, 0.15) is 5.75 Å². The van der Waals surface area contributed by atoms with Crippen molar-refractivity contribution in [1.29, 1.82) is 0 Å². The second-order valence-electron chi connectivity index (χ2n) is 4.63. The zero-order valence-corrected chi connectivity index (χ0v) is 12.0. The van der Waals surface area contributed by atoms with Gasteiger partial charge >= 0.3 is 6.18 Å². The number of nitrogens with one attached hydrogen (secondary N) is 1. The zero-order valence-electron chi connectivity index (χ0n) is 12.0. The summed E-state index contributed by atoms with van der Waals surface area (Å²) in [6, 6.07) is 10.4. The van der Waals surface area contributed by atoms with E-state index in [0.717, 1.165) is 6.07 Å². The molecule has 2 aromatic carbocycles. The van der Waals surface area contributed by atoms with Gasteiger partial charge in [-0.2, -0.15) is 13.2 Å². The molecular formula is C16H14F3NO2. The van der Waals surface area contributed by atoms with Crippen molar-refractivity contribution in [2.24, 2.45) is 0 Å². The Morgan fingerprint density at radius 3 is 2.27 bits per heavy atom. The average Bonchev–Trinajstić information content (AvgIpc) is 2.48. The maximum atomic E-state index is 13.0. The second-order valence-corrected chi connectivity index (χ2v) is 4.63. The van der Waals surface area contributed by atoms with Crippen molar-refractivity contribution < 1.29 is 22.7 Å². The van der Waals surface area contributed by atoms with Gasteiger partial charge in [-0.15, -0.1) is 0 Å². The number of ether oxygens (including phenoxy) is 1. The van der Waals surface area contributed by atoms with E-state index in [0.29, 0.717) is 5.56 Å². The smallest absolute Gasteiger partial charge is 0.416 e. The Morgan fingerprint density at radius 1 is 1.09 bits per heavy atom. The summed E-state index contributed by atoms with van der Waals surface area (Å²) in [6.07, 6.45) is -4.50. The molecule has 0 aliphatic rings. The molecule has 22 heavy (non-hydrogen) atoms. The molecule has 0 unspecified atom stereocenters. The monoisotopic (exact) mass is 309 g/mol. The molecule has 0 aliphatic heterocycles. The van der Waals surface area contributed by atoms with E-state index >= 15 is 0 Å². The first kappa shape index (κ1) is 15.9. The minimum Gasteiger partial charge on any atom is -0.495 e. The van der Waals surface area contributed by atoms with E-state index in [4.69, 9.17) is 4.74 Å². The van der Waals surface area contributed by atoms with E-state index in [1.54, 1.807) is 30.3 Å². The summed E-state index contributed by atoms with van der Waals surface area (Å²) in [6.45, 7) is 1.30. The van der Waals surface area contributed by atoms with Gasteiger partial charge in [0.2, 0.25) is 0 Å². The van der Waals surface area contributed by atoms with Crippen molar-refractivity contribution in [3.05, 3.63) is 59.2 Å². The lowest BCUT2D eigenvalue weighted by Gasteiger charge is -2.17. The third kappa shape index (κ3) is 3.21. The highest BCUT2D eigenvalue weighted by Gasteiger charge is 2.34. The molecule has 0 heterocycles. The van der Waals surface area contributed by atoms with Crippen LogP contribution in [0.5, 0.6) is 5.75 Å². The highest BCUT2D eigenvalue weighted by atomic mass is 19.4. The van der Waals surface area contributed by atoms with Crippen LogP contribution in [0, 0.1) is 6.92 Å². The Hall–Kier alpha value is -2.50. The maximum Gasteiger partial charge on any atom is 0.416 e. The van der Waals surface area contributed by atoms with Crippen LogP contribution in [-0.2, 0) is 6.18 Å². The molecule has 116 valence electrons. The van der Waals surface area contributed by atoms with Gasteiger partial charge in [-0.3, -0.25) is 4.79 Å². The maximum absolute atomic E-state index is 13.0. The van der Waals surface area contributed by atoms with Crippen molar-refractivity contribution in [2.75, 3.05) is 12.4 Å². The second kappa shape index (κ2) is 6.09. The number of halogens is 3. The number of rotatable bonds is 3. The van der Waals surface area contributed by atoms with E-state index in [1.165, 1.54) is 20.1 Å². The van der Waals surface area contributed by atoms with E-state index in [2.05, 4.69) is 5.32 Å². The standard InChI is InChI=1S/C16H14F3NO2/c1-10-12(16(17,18)19)8-9-13(22-2)14(10)20-15(21)11-6-4-3-5-7-11/h3-9H,1-2H3,(H,20,21). The van der Waals surface area contributed by atoms with Crippen molar-refractivity contribution in [3.8, 4) is 5.75 Å². The van der Waals surface area contributed by atoms with Gasteiger partial charge in [-0.1, -0.05) is 18.2 Å². The number of benzene rings is 2. The van der Waals surface area contributed by atoms with Crippen LogP contribution >= 0.6 is 0 Å². The molecule has 0 saturated carbocycles. The van der Waals surface area contributed by atoms with Crippen molar-refractivity contribution in [3.63, 3.8) is 0 Å². The molecule has 1 N–H and O–H groups in total. The average molecular weight is 309 g/mol. The normalized spacial score (nSPS) is 11.1. The Kier molecular flexibility index (Phi) is 4.40. The Bertz CT molecular complexity index is 682. The SMILES string of the molecule is COc1ccc(C(F)(F)F)c(C)c1NC(=O)c1ccccc1. The summed E-state index contributed by atoms with van der Waals surface area (Å²) in [7, 11) is 1.33. The molecule has 1 amide bonds. The lowest BCUT2D eigenvalue weighted by molar-refractivity contribution is -0.138. The van der Waals surface area contributed by atoms with Gasteiger partial charge < -0.3 is 10.1 Å². The molecule has 3 nitrogen and oxygen atoms in total. The summed E-state index contributed by atoms with van der Waals surface area (Å²) in [5, 5.41) is 2.49. The molecule has 0 bridgehead atoms. The molecular weight excluding hydrogens is 295 g/mol. The van der Waals surface area contributed by atoms with Crippen LogP contribution in [0.25, 0.3) is 0 Å². The number of hydrogen-bond acceptors (Lipinski definition) is 2. The van der Waals surface area contributed by atoms with Crippen LogP contribution in [0.15, 0.2) is 42.5 Å². The van der Waals surface area contributed by atoms with Gasteiger partial charge in [0.25, 0.3) is 5.91 Å². The molecule has 0 fully saturated rings. The summed E-state index contributed by atoms with van der Waals surface area (Å²) in [5.74, 6) is -0.323. The molecule has 0 spiro atoms. The quantitative estimate of drug-likeness (QED) is 0.919. The van der Waals surface area contributed by atoms with Crippen LogP contribution in [-0.4, -0.2) is 13.0 Å². The van der Waals surface area contributed by atoms with E-state index in [-0.39, 0.29) is 17.0 Å². The Labute approximate surface area is 125 Å². The fraction of sp³-hybridized carbons (Fsp3) is 0.188. The van der Waals surface area contributed by atoms with Crippen molar-refractivity contribution in [1.82, 2.24) is 0 Å². The number of anilines is 1. The minimum absolute atomic E-state index is 0.0196. The first-order valence-electron chi connectivity index (χ1n) is 6.45. The fourth-order valence-electron chi connectivity index (χ4n) is 2.09. The molecule has 0 atom stereocenters. The van der Waals surface area contributed by atoms with Crippen molar-refractivity contribution in [2.45, 2.75) is 13.1 Å². The topological polar surface area (TPSA) is 38.3 Å².